The van der Waals surface area contributed by atoms with E-state index in [1.54, 1.807) is 6.08 Å². The lowest BCUT2D eigenvalue weighted by molar-refractivity contribution is -0.150. The van der Waals surface area contributed by atoms with E-state index in [1.807, 2.05) is 4.90 Å². The second-order valence-electron chi connectivity index (χ2n) is 8.51. The molecule has 0 saturated carbocycles. The van der Waals surface area contributed by atoms with Crippen molar-refractivity contribution in [3.8, 4) is 0 Å². The number of allylic oxidation sites excluding steroid dienone is 1. The zero-order valence-electron chi connectivity index (χ0n) is 18.7. The van der Waals surface area contributed by atoms with Gasteiger partial charge in [0.25, 0.3) is 11.8 Å². The molecule has 4 aliphatic heterocycles. The highest BCUT2D eigenvalue weighted by atomic mass is 32.2. The van der Waals surface area contributed by atoms with Gasteiger partial charge in [-0.25, -0.2) is 4.79 Å². The predicted octanol–water partition coefficient (Wildman–Crippen LogP) is -1.44. The summed E-state index contributed by atoms with van der Waals surface area (Å²) in [6.07, 6.45) is 2.97. The Labute approximate surface area is 212 Å². The molecule has 1 aromatic rings. The Morgan fingerprint density at radius 1 is 1.33 bits per heavy atom. The molecule has 3 amide bonds. The van der Waals surface area contributed by atoms with E-state index < -0.39 is 34.9 Å². The summed E-state index contributed by atoms with van der Waals surface area (Å²) >= 11 is 2.07. The van der Waals surface area contributed by atoms with Gasteiger partial charge in [-0.1, -0.05) is 5.16 Å². The molecule has 14 nitrogen and oxygen atoms in total. The van der Waals surface area contributed by atoms with Crippen LogP contribution in [0.5, 0.6) is 0 Å². The number of hydrogen-bond donors (Lipinski definition) is 5. The summed E-state index contributed by atoms with van der Waals surface area (Å²) in [6.45, 7) is 2.17. The van der Waals surface area contributed by atoms with E-state index in [-0.39, 0.29) is 34.4 Å². The van der Waals surface area contributed by atoms with Gasteiger partial charge in [-0.3, -0.25) is 19.3 Å². The fraction of sp³-hybridized carbons (Fsp3) is 0.450. The van der Waals surface area contributed by atoms with E-state index in [9.17, 15) is 29.5 Å². The van der Waals surface area contributed by atoms with Crippen LogP contribution in [0.2, 0.25) is 0 Å². The Morgan fingerprint density at radius 3 is 2.78 bits per heavy atom. The van der Waals surface area contributed by atoms with Gasteiger partial charge >= 0.3 is 5.97 Å². The van der Waals surface area contributed by atoms with Gasteiger partial charge in [0, 0.05) is 42.0 Å². The number of likely N-dealkylation sites (tertiary alicyclic amines) is 1. The molecule has 36 heavy (non-hydrogen) atoms. The summed E-state index contributed by atoms with van der Waals surface area (Å²) in [6, 6.07) is -0.914. The minimum Gasteiger partial charge on any atom is -0.477 e. The van der Waals surface area contributed by atoms with Crippen molar-refractivity contribution in [2.24, 2.45) is 5.16 Å². The average molecular weight is 535 g/mol. The smallest absolute Gasteiger partial charge is 0.352 e. The number of hydrogen-bond acceptors (Lipinski definition) is 12. The molecule has 16 heteroatoms. The average Bonchev–Trinajstić information content (AvgIpc) is 3.60. The van der Waals surface area contributed by atoms with E-state index in [4.69, 9.17) is 5.73 Å². The molecule has 0 spiro atoms. The van der Waals surface area contributed by atoms with Gasteiger partial charge in [-0.2, -0.15) is 9.36 Å². The maximum Gasteiger partial charge on any atom is 0.352 e. The molecule has 5 heterocycles. The number of aromatic nitrogens is 2. The maximum atomic E-state index is 12.9. The number of carbonyl (C=O) groups is 4. The molecule has 5 rings (SSSR count). The summed E-state index contributed by atoms with van der Waals surface area (Å²) in [5.41, 5.74) is 5.67. The number of carboxylic acid groups (broad SMARTS) is 1. The molecule has 0 aromatic carbocycles. The fourth-order valence-corrected chi connectivity index (χ4v) is 6.46. The van der Waals surface area contributed by atoms with E-state index in [1.165, 1.54) is 11.8 Å². The minimum atomic E-state index is -1.30. The summed E-state index contributed by atoms with van der Waals surface area (Å²) < 4.78 is 3.82. The first kappa shape index (κ1) is 24.2. The van der Waals surface area contributed by atoms with Crippen LogP contribution in [0.15, 0.2) is 28.1 Å². The second kappa shape index (κ2) is 9.51. The Bertz CT molecular complexity index is 1240. The van der Waals surface area contributed by atoms with E-state index in [2.05, 4.69) is 25.1 Å². The third-order valence-corrected chi connectivity index (χ3v) is 8.28. The molecular formula is C20H22N8O6S2. The van der Waals surface area contributed by atoms with Gasteiger partial charge < -0.3 is 31.6 Å². The monoisotopic (exact) mass is 534 g/mol. The van der Waals surface area contributed by atoms with E-state index >= 15 is 0 Å². The van der Waals surface area contributed by atoms with Crippen LogP contribution in [0.1, 0.15) is 18.7 Å². The number of β-lactam (4-membered cyclic amide) rings is 1. The summed E-state index contributed by atoms with van der Waals surface area (Å²) in [7, 11) is 0. The molecule has 0 aliphatic carbocycles. The molecule has 0 radical (unpaired) electrons. The van der Waals surface area contributed by atoms with E-state index in [0.29, 0.717) is 24.1 Å². The predicted molar refractivity (Wildman–Crippen MR) is 128 cm³/mol. The quantitative estimate of drug-likeness (QED) is 0.0939. The number of fused-ring (bicyclic) bond motifs is 1. The largest absolute Gasteiger partial charge is 0.477 e. The van der Waals surface area contributed by atoms with Crippen molar-refractivity contribution in [1.29, 1.82) is 0 Å². The van der Waals surface area contributed by atoms with E-state index in [0.717, 1.165) is 35.9 Å². The first-order chi connectivity index (χ1) is 17.3. The first-order valence-corrected chi connectivity index (χ1v) is 12.9. The summed E-state index contributed by atoms with van der Waals surface area (Å²) in [5.74, 6) is -2.90. The van der Waals surface area contributed by atoms with Crippen LogP contribution < -0.4 is 16.4 Å². The Balaban J connectivity index is 1.33. The van der Waals surface area contributed by atoms with Crippen molar-refractivity contribution in [1.82, 2.24) is 29.8 Å². The van der Waals surface area contributed by atoms with Gasteiger partial charge in [-0.05, 0) is 31.0 Å². The highest BCUT2D eigenvalue weighted by Gasteiger charge is 2.54. The number of amides is 3. The minimum absolute atomic E-state index is 0.0642. The highest BCUT2D eigenvalue weighted by Crippen LogP contribution is 2.41. The molecule has 3 fully saturated rings. The second-order valence-corrected chi connectivity index (χ2v) is 10.4. The van der Waals surface area contributed by atoms with Crippen molar-refractivity contribution in [3.63, 3.8) is 0 Å². The number of oxime groups is 1. The number of carboxylic acids is 1. The zero-order valence-corrected chi connectivity index (χ0v) is 20.3. The van der Waals surface area contributed by atoms with Gasteiger partial charge in [0.05, 0.1) is 0 Å². The van der Waals surface area contributed by atoms with Crippen LogP contribution in [0, 0.1) is 0 Å². The topological polar surface area (TPSA) is 203 Å². The Morgan fingerprint density at radius 2 is 2.14 bits per heavy atom. The molecular weight excluding hydrogens is 512 g/mol. The number of anilines is 1. The number of nitrogens with one attached hydrogen (secondary N) is 2. The van der Waals surface area contributed by atoms with Crippen molar-refractivity contribution in [2.45, 2.75) is 30.3 Å². The third kappa shape index (κ3) is 4.10. The molecule has 3 saturated heterocycles. The van der Waals surface area contributed by atoms with Crippen molar-refractivity contribution < 1.29 is 29.5 Å². The number of carbonyl (C=O) groups excluding carboxylic acids is 3. The van der Waals surface area contributed by atoms with Crippen LogP contribution in [0.25, 0.3) is 0 Å². The molecule has 0 unspecified atom stereocenters. The number of nitrogens with two attached hydrogens (primary N) is 1. The highest BCUT2D eigenvalue weighted by molar-refractivity contribution is 8.00. The van der Waals surface area contributed by atoms with Gasteiger partial charge in [0.15, 0.2) is 5.13 Å². The molecule has 6 N–H and O–H groups in total. The van der Waals surface area contributed by atoms with Crippen molar-refractivity contribution in [3.05, 3.63) is 28.7 Å². The lowest BCUT2D eigenvalue weighted by Crippen LogP contribution is -2.71. The lowest BCUT2D eigenvalue weighted by Gasteiger charge is -2.49. The van der Waals surface area contributed by atoms with Crippen LogP contribution in [-0.4, -0.2) is 102 Å². The summed E-state index contributed by atoms with van der Waals surface area (Å²) in [5, 5.41) is 27.1. The lowest BCUT2D eigenvalue weighted by atomic mass is 10.0. The Kier molecular flexibility index (Phi) is 6.40. The number of rotatable bonds is 6. The maximum absolute atomic E-state index is 12.9. The number of nitrogen functional groups attached to an aromatic ring is 1. The normalized spacial score (nSPS) is 27.5. The first-order valence-electron chi connectivity index (χ1n) is 11.1. The SMILES string of the molecule is Nc1nc(/C(=N/O)C(=O)N[C@@H]2C(=O)N3C(C(=O)O)=C(/C=C4/CCN([C@@H]5CCNC5)C4=O)CS[C@H]23)ns1. The molecule has 1 aromatic heterocycles. The van der Waals surface area contributed by atoms with Gasteiger partial charge in [0.2, 0.25) is 17.4 Å². The molecule has 0 bridgehead atoms. The standard InChI is InChI=1S/C20H22N8O6S2/c21-20-24-14(26-36-20)11(25-34)15(29)23-12-17(31)28-13(19(32)33)9(7-35-18(12)28)5-8-2-4-27(16(8)30)10-1-3-22-6-10/h5,10,12,18,22,34H,1-4,6-7H2,(H,23,29)(H,32,33)(H2,21,24,26)/b8-5-,25-11-/t10-,12-,18-/m1/s1. The summed E-state index contributed by atoms with van der Waals surface area (Å²) in [4.78, 5) is 57.3. The number of aliphatic carboxylic acids is 1. The molecule has 4 aliphatic rings. The fourth-order valence-electron chi connectivity index (χ4n) is 4.72. The van der Waals surface area contributed by atoms with Crippen LogP contribution in [0.3, 0.4) is 0 Å². The zero-order chi connectivity index (χ0) is 25.6. The Hall–Kier alpha value is -3.50. The van der Waals surface area contributed by atoms with Crippen LogP contribution in [0.4, 0.5) is 5.13 Å². The van der Waals surface area contributed by atoms with Crippen molar-refractivity contribution in [2.75, 3.05) is 31.1 Å². The number of nitrogens with zero attached hydrogens (tertiary/aromatic N) is 5. The molecule has 3 atom stereocenters. The molecule has 190 valence electrons. The van der Waals surface area contributed by atoms with Gasteiger partial charge in [-0.15, -0.1) is 11.8 Å². The third-order valence-electron chi connectivity index (χ3n) is 6.44. The van der Waals surface area contributed by atoms with Crippen molar-refractivity contribution >= 4 is 57.8 Å². The van der Waals surface area contributed by atoms with Gasteiger partial charge in [0.1, 0.15) is 17.1 Å². The van der Waals surface area contributed by atoms with Crippen LogP contribution in [-0.2, 0) is 19.2 Å². The number of thioether (sulfide) groups is 1. The van der Waals surface area contributed by atoms with Crippen LogP contribution >= 0.6 is 23.3 Å².